The number of hydrogen-bond acceptors (Lipinski definition) is 3. The molecule has 1 aromatic heterocycles. The third-order valence-electron chi connectivity index (χ3n) is 4.78. The molecule has 0 saturated heterocycles. The highest BCUT2D eigenvalue weighted by atomic mass is 35.5. The van der Waals surface area contributed by atoms with E-state index < -0.39 is 0 Å². The molecule has 5 aromatic rings. The van der Waals surface area contributed by atoms with Gasteiger partial charge in [-0.25, -0.2) is 15.0 Å². The van der Waals surface area contributed by atoms with Crippen LogP contribution in [0, 0.1) is 0 Å². The predicted octanol–water partition coefficient (Wildman–Crippen LogP) is 6.68. The Bertz CT molecular complexity index is 1240. The second-order valence-electron chi connectivity index (χ2n) is 6.71. The Hall–Kier alpha value is -3.56. The van der Waals surface area contributed by atoms with Crippen molar-refractivity contribution in [3.05, 3.63) is 102 Å². The molecular weight excluding hydrogens is 378 g/mol. The van der Waals surface area contributed by atoms with Gasteiger partial charge in [0.1, 0.15) is 0 Å². The minimum Gasteiger partial charge on any atom is -0.208 e. The summed E-state index contributed by atoms with van der Waals surface area (Å²) in [6.45, 7) is 0. The molecule has 0 unspecified atom stereocenters. The first-order valence-electron chi connectivity index (χ1n) is 9.33. The fourth-order valence-electron chi connectivity index (χ4n) is 3.32. The molecule has 0 radical (unpaired) electrons. The van der Waals surface area contributed by atoms with Crippen molar-refractivity contribution in [2.24, 2.45) is 0 Å². The maximum atomic E-state index is 6.32. The van der Waals surface area contributed by atoms with Gasteiger partial charge in [-0.05, 0) is 17.5 Å². The van der Waals surface area contributed by atoms with Gasteiger partial charge in [-0.3, -0.25) is 0 Å². The number of nitrogens with zero attached hydrogens (tertiary/aromatic N) is 3. The maximum Gasteiger partial charge on any atom is 0.164 e. The Balaban J connectivity index is 1.72. The highest BCUT2D eigenvalue weighted by molar-refractivity contribution is 6.35. The molecule has 0 fully saturated rings. The van der Waals surface area contributed by atoms with Gasteiger partial charge in [-0.2, -0.15) is 0 Å². The molecular formula is C25H16ClN3. The van der Waals surface area contributed by atoms with E-state index in [0.717, 1.165) is 32.5 Å². The lowest BCUT2D eigenvalue weighted by atomic mass is 10.1. The van der Waals surface area contributed by atoms with Gasteiger partial charge in [0.15, 0.2) is 17.5 Å². The number of halogens is 1. The van der Waals surface area contributed by atoms with Crippen LogP contribution in [0.15, 0.2) is 97.1 Å². The van der Waals surface area contributed by atoms with Crippen molar-refractivity contribution < 1.29 is 0 Å². The molecule has 0 atom stereocenters. The summed E-state index contributed by atoms with van der Waals surface area (Å²) in [6.07, 6.45) is 0. The third-order valence-corrected chi connectivity index (χ3v) is 5.11. The molecule has 4 aromatic carbocycles. The van der Waals surface area contributed by atoms with Crippen LogP contribution >= 0.6 is 11.6 Å². The van der Waals surface area contributed by atoms with E-state index in [4.69, 9.17) is 26.6 Å². The van der Waals surface area contributed by atoms with Gasteiger partial charge < -0.3 is 0 Å². The topological polar surface area (TPSA) is 38.7 Å². The van der Waals surface area contributed by atoms with Crippen molar-refractivity contribution in [3.8, 4) is 34.2 Å². The van der Waals surface area contributed by atoms with Gasteiger partial charge >= 0.3 is 0 Å². The molecule has 0 N–H and O–H groups in total. The number of aromatic nitrogens is 3. The van der Waals surface area contributed by atoms with Gasteiger partial charge in [-0.15, -0.1) is 0 Å². The summed E-state index contributed by atoms with van der Waals surface area (Å²) in [5.74, 6) is 1.95. The van der Waals surface area contributed by atoms with Crippen molar-refractivity contribution >= 4 is 22.4 Å². The van der Waals surface area contributed by atoms with E-state index in [9.17, 15) is 0 Å². The lowest BCUT2D eigenvalue weighted by Gasteiger charge is -2.09. The molecule has 0 saturated carbocycles. The molecule has 4 heteroatoms. The molecule has 0 spiro atoms. The van der Waals surface area contributed by atoms with E-state index in [0.29, 0.717) is 17.5 Å². The highest BCUT2D eigenvalue weighted by Gasteiger charge is 2.12. The maximum absolute atomic E-state index is 6.32. The van der Waals surface area contributed by atoms with Crippen molar-refractivity contribution in [3.63, 3.8) is 0 Å². The summed E-state index contributed by atoms with van der Waals surface area (Å²) in [5, 5.41) is 2.80. The summed E-state index contributed by atoms with van der Waals surface area (Å²) in [5.41, 5.74) is 2.84. The monoisotopic (exact) mass is 393 g/mol. The van der Waals surface area contributed by atoms with E-state index in [1.165, 1.54) is 0 Å². The fraction of sp³-hybridized carbons (Fsp3) is 0. The third kappa shape index (κ3) is 3.48. The Morgan fingerprint density at radius 2 is 1.03 bits per heavy atom. The van der Waals surface area contributed by atoms with E-state index >= 15 is 0 Å². The molecule has 1 heterocycles. The standard InChI is InChI=1S/C25H16ClN3/c26-22-13-7-12-19-16-20(14-15-21(19)22)25-28-23(17-8-3-1-4-9-17)27-24(29-25)18-10-5-2-6-11-18/h1-16H. The van der Waals surface area contributed by atoms with Crippen LogP contribution in [0.2, 0.25) is 5.02 Å². The zero-order valence-electron chi connectivity index (χ0n) is 15.5. The second kappa shape index (κ2) is 7.46. The highest BCUT2D eigenvalue weighted by Crippen LogP contribution is 2.29. The van der Waals surface area contributed by atoms with E-state index in [-0.39, 0.29) is 0 Å². The Morgan fingerprint density at radius 3 is 1.62 bits per heavy atom. The summed E-state index contributed by atoms with van der Waals surface area (Å²) in [4.78, 5) is 14.3. The molecule has 0 aliphatic rings. The lowest BCUT2D eigenvalue weighted by Crippen LogP contribution is -2.00. The zero-order valence-corrected chi connectivity index (χ0v) is 16.2. The molecule has 138 valence electrons. The van der Waals surface area contributed by atoms with Gasteiger partial charge in [0, 0.05) is 27.1 Å². The first kappa shape index (κ1) is 17.5. The van der Waals surface area contributed by atoms with Gasteiger partial charge in [0.25, 0.3) is 0 Å². The lowest BCUT2D eigenvalue weighted by molar-refractivity contribution is 1.07. The van der Waals surface area contributed by atoms with Gasteiger partial charge in [0.2, 0.25) is 0 Å². The molecule has 5 rings (SSSR count). The van der Waals surface area contributed by atoms with Gasteiger partial charge in [0.05, 0.1) is 0 Å². The number of fused-ring (bicyclic) bond motifs is 1. The summed E-state index contributed by atoms with van der Waals surface area (Å²) >= 11 is 6.32. The quantitative estimate of drug-likeness (QED) is 0.343. The Morgan fingerprint density at radius 1 is 0.483 bits per heavy atom. The smallest absolute Gasteiger partial charge is 0.164 e. The molecule has 0 amide bonds. The SMILES string of the molecule is Clc1cccc2cc(-c3nc(-c4ccccc4)nc(-c4ccccc4)n3)ccc12. The van der Waals surface area contributed by atoms with Crippen LogP contribution in [0.4, 0.5) is 0 Å². The van der Waals surface area contributed by atoms with Crippen LogP contribution < -0.4 is 0 Å². The summed E-state index contributed by atoms with van der Waals surface area (Å²) in [6, 6.07) is 31.9. The Kier molecular flexibility index (Phi) is 4.51. The van der Waals surface area contributed by atoms with Crippen LogP contribution in [0.5, 0.6) is 0 Å². The number of benzene rings is 4. The largest absolute Gasteiger partial charge is 0.208 e. The number of rotatable bonds is 3. The first-order chi connectivity index (χ1) is 14.3. The predicted molar refractivity (Wildman–Crippen MR) is 119 cm³/mol. The van der Waals surface area contributed by atoms with E-state index in [1.807, 2.05) is 91.0 Å². The van der Waals surface area contributed by atoms with Crippen LogP contribution in [-0.4, -0.2) is 15.0 Å². The normalized spacial score (nSPS) is 10.9. The minimum absolute atomic E-state index is 0.639. The van der Waals surface area contributed by atoms with Crippen LogP contribution in [0.3, 0.4) is 0 Å². The number of hydrogen-bond donors (Lipinski definition) is 0. The minimum atomic E-state index is 0.639. The summed E-state index contributed by atoms with van der Waals surface area (Å²) < 4.78 is 0. The van der Waals surface area contributed by atoms with Crippen molar-refractivity contribution in [2.45, 2.75) is 0 Å². The summed E-state index contributed by atoms with van der Waals surface area (Å²) in [7, 11) is 0. The molecule has 0 aliphatic heterocycles. The van der Waals surface area contributed by atoms with Crippen LogP contribution in [0.25, 0.3) is 44.9 Å². The van der Waals surface area contributed by atoms with E-state index in [2.05, 4.69) is 6.07 Å². The fourth-order valence-corrected chi connectivity index (χ4v) is 3.57. The van der Waals surface area contributed by atoms with Gasteiger partial charge in [-0.1, -0.05) is 96.5 Å². The van der Waals surface area contributed by atoms with Crippen molar-refractivity contribution in [1.29, 1.82) is 0 Å². The Labute approximate surface area is 173 Å². The molecule has 3 nitrogen and oxygen atoms in total. The van der Waals surface area contributed by atoms with E-state index in [1.54, 1.807) is 0 Å². The average Bonchev–Trinajstić information content (AvgIpc) is 2.80. The molecule has 0 aliphatic carbocycles. The molecule has 29 heavy (non-hydrogen) atoms. The average molecular weight is 394 g/mol. The second-order valence-corrected chi connectivity index (χ2v) is 7.12. The van der Waals surface area contributed by atoms with Crippen molar-refractivity contribution in [2.75, 3.05) is 0 Å². The van der Waals surface area contributed by atoms with Crippen molar-refractivity contribution in [1.82, 2.24) is 15.0 Å². The molecule has 0 bridgehead atoms. The first-order valence-corrected chi connectivity index (χ1v) is 9.71. The van der Waals surface area contributed by atoms with Crippen LogP contribution in [-0.2, 0) is 0 Å². The van der Waals surface area contributed by atoms with Crippen LogP contribution in [0.1, 0.15) is 0 Å². The zero-order chi connectivity index (χ0) is 19.6.